The molecule has 1 fully saturated rings. The number of aryl methyl sites for hydroxylation is 1. The maximum atomic E-state index is 12.9. The van der Waals surface area contributed by atoms with Gasteiger partial charge in [0.2, 0.25) is 5.91 Å². The Hall–Kier alpha value is -3.07. The van der Waals surface area contributed by atoms with Gasteiger partial charge in [-0.2, -0.15) is 13.2 Å². The number of methoxy groups -OCH3 is 1. The molecule has 4 rings (SSSR count). The Morgan fingerprint density at radius 3 is 2.68 bits per heavy atom. The highest BCUT2D eigenvalue weighted by atomic mass is 19.4. The number of allylic oxidation sites excluding steroid dienone is 1. The van der Waals surface area contributed by atoms with Crippen molar-refractivity contribution in [2.45, 2.75) is 32.5 Å². The summed E-state index contributed by atoms with van der Waals surface area (Å²) in [7, 11) is 2.99. The third-order valence-corrected chi connectivity index (χ3v) is 6.54. The van der Waals surface area contributed by atoms with Crippen molar-refractivity contribution in [1.29, 1.82) is 0 Å². The van der Waals surface area contributed by atoms with Crippen molar-refractivity contribution >= 4 is 11.5 Å². The second-order valence-electron chi connectivity index (χ2n) is 8.72. The number of hydrogen-bond donors (Lipinski definition) is 1. The quantitative estimate of drug-likeness (QED) is 0.654. The highest BCUT2D eigenvalue weighted by Gasteiger charge is 2.34. The van der Waals surface area contributed by atoms with Crippen molar-refractivity contribution in [3.05, 3.63) is 58.4 Å². The molecule has 9 heteroatoms. The van der Waals surface area contributed by atoms with Gasteiger partial charge in [-0.25, -0.2) is 0 Å². The molecule has 1 saturated heterocycles. The Bertz CT molecular complexity index is 1110. The molecule has 0 bridgehead atoms. The molecular formula is C25H28F3N3O3. The number of fused-ring (bicyclic) bond motifs is 1. The molecule has 2 aromatic rings. The Morgan fingerprint density at radius 2 is 2.00 bits per heavy atom. The summed E-state index contributed by atoms with van der Waals surface area (Å²) in [4.78, 5) is 17.5. The molecule has 0 saturated carbocycles. The second kappa shape index (κ2) is 9.66. The highest BCUT2D eigenvalue weighted by molar-refractivity contribution is 5.79. The fourth-order valence-electron chi connectivity index (χ4n) is 4.51. The molecule has 1 aromatic heterocycles. The number of aromatic nitrogens is 1. The smallest absolute Gasteiger partial charge is 0.433 e. The number of carbonyl (C=O) groups is 1. The molecule has 2 aliphatic rings. The van der Waals surface area contributed by atoms with E-state index in [2.05, 4.69) is 22.1 Å². The third kappa shape index (κ3) is 5.04. The minimum absolute atomic E-state index is 0.0502. The van der Waals surface area contributed by atoms with E-state index in [-0.39, 0.29) is 24.2 Å². The SMILES string of the molecule is CNC(=O)C1CN(CC2=C(C)c3ccc(OCc4cnc(C(F)(F)F)cc4OC)cc3CC2)C1. The van der Waals surface area contributed by atoms with Crippen LogP contribution in [0.4, 0.5) is 13.2 Å². The number of carbonyl (C=O) groups excluding carboxylic acids is 1. The number of nitrogens with zero attached hydrogens (tertiary/aromatic N) is 2. The standard InChI is InChI=1S/C25H28F3N3O3/c1-15-17(11-31-12-19(13-31)24(32)29-2)5-4-16-8-20(6-7-21(15)16)34-14-18-10-30-23(25(26,27)28)9-22(18)33-3/h6-10,19H,4-5,11-14H2,1-3H3,(H,29,32). The first-order chi connectivity index (χ1) is 16.2. The summed E-state index contributed by atoms with van der Waals surface area (Å²) in [6.45, 7) is 4.63. The van der Waals surface area contributed by atoms with Crippen molar-refractivity contribution in [3.63, 3.8) is 0 Å². The van der Waals surface area contributed by atoms with Crippen LogP contribution in [-0.2, 0) is 24.0 Å². The first kappa shape index (κ1) is 24.1. The fourth-order valence-corrected chi connectivity index (χ4v) is 4.51. The van der Waals surface area contributed by atoms with Gasteiger partial charge in [0.15, 0.2) is 0 Å². The molecule has 1 aliphatic heterocycles. The minimum Gasteiger partial charge on any atom is -0.496 e. The second-order valence-corrected chi connectivity index (χ2v) is 8.72. The number of nitrogens with one attached hydrogen (secondary N) is 1. The monoisotopic (exact) mass is 475 g/mol. The fraction of sp³-hybridized carbons (Fsp3) is 0.440. The van der Waals surface area contributed by atoms with Gasteiger partial charge in [0.05, 0.1) is 13.0 Å². The maximum absolute atomic E-state index is 12.9. The Kier molecular flexibility index (Phi) is 6.84. The van der Waals surface area contributed by atoms with Gasteiger partial charge in [-0.05, 0) is 48.6 Å². The van der Waals surface area contributed by atoms with Crippen LogP contribution in [0.15, 0.2) is 36.0 Å². The zero-order chi connectivity index (χ0) is 24.5. The van der Waals surface area contributed by atoms with Gasteiger partial charge in [-0.1, -0.05) is 11.6 Å². The molecule has 1 amide bonds. The van der Waals surface area contributed by atoms with Gasteiger partial charge in [0.1, 0.15) is 23.8 Å². The van der Waals surface area contributed by atoms with E-state index in [1.54, 1.807) is 7.05 Å². The van der Waals surface area contributed by atoms with E-state index in [1.165, 1.54) is 29.4 Å². The first-order valence-electron chi connectivity index (χ1n) is 11.2. The Balaban J connectivity index is 1.41. The largest absolute Gasteiger partial charge is 0.496 e. The highest BCUT2D eigenvalue weighted by Crippen LogP contribution is 2.35. The summed E-state index contributed by atoms with van der Waals surface area (Å²) in [6, 6.07) is 6.78. The maximum Gasteiger partial charge on any atom is 0.433 e. The van der Waals surface area contributed by atoms with E-state index in [0.29, 0.717) is 11.3 Å². The summed E-state index contributed by atoms with van der Waals surface area (Å²) >= 11 is 0. The van der Waals surface area contributed by atoms with Gasteiger partial charge in [0, 0.05) is 44.5 Å². The molecule has 1 aromatic carbocycles. The van der Waals surface area contributed by atoms with Crippen molar-refractivity contribution in [3.8, 4) is 11.5 Å². The topological polar surface area (TPSA) is 63.7 Å². The molecule has 1 N–H and O–H groups in total. The van der Waals surface area contributed by atoms with Crippen LogP contribution in [0, 0.1) is 5.92 Å². The molecule has 0 unspecified atom stereocenters. The predicted octanol–water partition coefficient (Wildman–Crippen LogP) is 4.09. The van der Waals surface area contributed by atoms with E-state index < -0.39 is 11.9 Å². The molecule has 182 valence electrons. The molecule has 0 radical (unpaired) electrons. The number of pyridine rings is 1. The van der Waals surface area contributed by atoms with Crippen LogP contribution in [0.5, 0.6) is 11.5 Å². The van der Waals surface area contributed by atoms with Gasteiger partial charge < -0.3 is 14.8 Å². The zero-order valence-electron chi connectivity index (χ0n) is 19.5. The molecule has 0 spiro atoms. The average molecular weight is 476 g/mol. The average Bonchev–Trinajstić information content (AvgIpc) is 2.79. The summed E-state index contributed by atoms with van der Waals surface area (Å²) in [5.41, 5.74) is 4.45. The van der Waals surface area contributed by atoms with Gasteiger partial charge in [-0.3, -0.25) is 14.7 Å². The molecule has 34 heavy (non-hydrogen) atoms. The molecule has 2 heterocycles. The van der Waals surface area contributed by atoms with E-state index in [0.717, 1.165) is 44.7 Å². The van der Waals surface area contributed by atoms with Crippen LogP contribution in [0.3, 0.4) is 0 Å². The number of ether oxygens (including phenoxy) is 2. The van der Waals surface area contributed by atoms with E-state index in [1.807, 2.05) is 18.2 Å². The Morgan fingerprint density at radius 1 is 1.24 bits per heavy atom. The molecular weight excluding hydrogens is 447 g/mol. The van der Waals surface area contributed by atoms with Crippen LogP contribution in [-0.4, -0.2) is 49.6 Å². The lowest BCUT2D eigenvalue weighted by molar-refractivity contribution is -0.141. The number of hydrogen-bond acceptors (Lipinski definition) is 5. The molecule has 6 nitrogen and oxygen atoms in total. The van der Waals surface area contributed by atoms with Gasteiger partial charge in [-0.15, -0.1) is 0 Å². The van der Waals surface area contributed by atoms with Crippen molar-refractivity contribution in [2.24, 2.45) is 5.92 Å². The zero-order valence-corrected chi connectivity index (χ0v) is 19.5. The number of alkyl halides is 3. The summed E-state index contributed by atoms with van der Waals surface area (Å²) in [5.74, 6) is 0.926. The van der Waals surface area contributed by atoms with Crippen LogP contribution in [0.2, 0.25) is 0 Å². The number of halogens is 3. The van der Waals surface area contributed by atoms with Crippen LogP contribution >= 0.6 is 0 Å². The van der Waals surface area contributed by atoms with Crippen LogP contribution in [0.1, 0.15) is 35.7 Å². The van der Waals surface area contributed by atoms with Gasteiger partial charge in [0.25, 0.3) is 0 Å². The van der Waals surface area contributed by atoms with Crippen molar-refractivity contribution in [1.82, 2.24) is 15.2 Å². The molecule has 1 aliphatic carbocycles. The van der Waals surface area contributed by atoms with E-state index in [4.69, 9.17) is 9.47 Å². The summed E-state index contributed by atoms with van der Waals surface area (Å²) in [5, 5.41) is 2.71. The number of benzene rings is 1. The number of amides is 1. The molecule has 0 atom stereocenters. The van der Waals surface area contributed by atoms with Crippen LogP contribution in [0.25, 0.3) is 5.57 Å². The lowest BCUT2D eigenvalue weighted by atomic mass is 9.85. The Labute approximate surface area is 196 Å². The minimum atomic E-state index is -4.53. The van der Waals surface area contributed by atoms with Crippen molar-refractivity contribution in [2.75, 3.05) is 33.8 Å². The van der Waals surface area contributed by atoms with Crippen molar-refractivity contribution < 1.29 is 27.4 Å². The van der Waals surface area contributed by atoms with E-state index >= 15 is 0 Å². The predicted molar refractivity (Wildman–Crippen MR) is 121 cm³/mol. The number of likely N-dealkylation sites (tertiary alicyclic amines) is 1. The summed E-state index contributed by atoms with van der Waals surface area (Å²) in [6.07, 6.45) is -1.56. The lowest BCUT2D eigenvalue weighted by Crippen LogP contribution is -2.53. The first-order valence-corrected chi connectivity index (χ1v) is 11.2. The number of rotatable bonds is 7. The summed E-state index contributed by atoms with van der Waals surface area (Å²) < 4.78 is 49.6. The normalized spacial score (nSPS) is 16.6. The van der Waals surface area contributed by atoms with E-state index in [9.17, 15) is 18.0 Å². The third-order valence-electron chi connectivity index (χ3n) is 6.54. The lowest BCUT2D eigenvalue weighted by Gasteiger charge is -2.39. The van der Waals surface area contributed by atoms with Crippen LogP contribution < -0.4 is 14.8 Å². The van der Waals surface area contributed by atoms with Gasteiger partial charge >= 0.3 is 6.18 Å².